The number of carbonyl (C=O) groups is 3. The lowest BCUT2D eigenvalue weighted by Crippen LogP contribution is -2.45. The summed E-state index contributed by atoms with van der Waals surface area (Å²) in [5, 5.41) is 18.0. The van der Waals surface area contributed by atoms with Gasteiger partial charge in [-0.05, 0) is 43.1 Å². The van der Waals surface area contributed by atoms with E-state index in [1.54, 1.807) is 6.92 Å². The molecule has 0 saturated heterocycles. The van der Waals surface area contributed by atoms with Crippen LogP contribution in [0, 0.1) is 17.8 Å². The van der Waals surface area contributed by atoms with Crippen molar-refractivity contribution in [3.8, 4) is 0 Å². The van der Waals surface area contributed by atoms with Gasteiger partial charge < -0.3 is 30.5 Å². The Labute approximate surface area is 247 Å². The topological polar surface area (TPSA) is 126 Å². The first kappa shape index (κ1) is 36.4. The van der Waals surface area contributed by atoms with E-state index < -0.39 is 30.1 Å². The summed E-state index contributed by atoms with van der Waals surface area (Å²) in [5.41, 5.74) is 1.02. The highest BCUT2D eigenvalue weighted by Gasteiger charge is 2.24. The van der Waals surface area contributed by atoms with Crippen LogP contribution < -0.4 is 16.0 Å². The van der Waals surface area contributed by atoms with Crippen LogP contribution >= 0.6 is 0 Å². The zero-order chi connectivity index (χ0) is 30.5. The van der Waals surface area contributed by atoms with Crippen molar-refractivity contribution < 1.29 is 29.0 Å². The monoisotopic (exact) mass is 577 g/mol. The molecule has 0 aliphatic heterocycles. The Morgan fingerprint density at radius 1 is 0.902 bits per heavy atom. The number of aliphatic hydroxyl groups is 1. The quantitative estimate of drug-likeness (QED) is 0.213. The predicted octanol–water partition coefficient (Wildman–Crippen LogP) is 4.61. The number of hydrogen-bond acceptors (Lipinski definition) is 6. The van der Waals surface area contributed by atoms with Crippen LogP contribution in [0.3, 0.4) is 0 Å². The number of amides is 3. The van der Waals surface area contributed by atoms with E-state index in [0.717, 1.165) is 17.9 Å². The van der Waals surface area contributed by atoms with Gasteiger partial charge in [0.15, 0.2) is 6.10 Å². The van der Waals surface area contributed by atoms with Crippen LogP contribution in [0.2, 0.25) is 0 Å². The van der Waals surface area contributed by atoms with E-state index in [9.17, 15) is 19.5 Å². The van der Waals surface area contributed by atoms with Gasteiger partial charge in [-0.25, -0.2) is 4.79 Å². The van der Waals surface area contributed by atoms with Gasteiger partial charge in [0.2, 0.25) is 5.91 Å². The van der Waals surface area contributed by atoms with Gasteiger partial charge in [0.05, 0.1) is 18.6 Å². The van der Waals surface area contributed by atoms with Gasteiger partial charge in [0.1, 0.15) is 0 Å². The number of hydrogen-bond donors (Lipinski definition) is 4. The molecule has 0 aromatic heterocycles. The van der Waals surface area contributed by atoms with Crippen molar-refractivity contribution in [2.24, 2.45) is 17.8 Å². The largest absolute Gasteiger partial charge is 0.436 e. The number of rotatable bonds is 16. The highest BCUT2D eigenvalue weighted by Crippen LogP contribution is 2.22. The van der Waals surface area contributed by atoms with E-state index in [0.29, 0.717) is 31.8 Å². The van der Waals surface area contributed by atoms with Crippen molar-refractivity contribution in [2.75, 3.05) is 33.4 Å². The van der Waals surface area contributed by atoms with E-state index in [4.69, 9.17) is 9.47 Å². The van der Waals surface area contributed by atoms with E-state index in [2.05, 4.69) is 36.7 Å². The number of nitrogens with one attached hydrogen (secondary N) is 3. The number of carbonyl (C=O) groups excluding carboxylic acids is 3. The van der Waals surface area contributed by atoms with Crippen molar-refractivity contribution in [1.82, 2.24) is 16.0 Å². The van der Waals surface area contributed by atoms with Gasteiger partial charge in [0, 0.05) is 26.7 Å². The normalized spacial score (nSPS) is 15.6. The van der Waals surface area contributed by atoms with Crippen LogP contribution in [0.25, 0.3) is 0 Å². The molecule has 41 heavy (non-hydrogen) atoms. The molecule has 9 nitrogen and oxygen atoms in total. The van der Waals surface area contributed by atoms with Crippen LogP contribution in [0.4, 0.5) is 4.79 Å². The average molecular weight is 578 g/mol. The lowest BCUT2D eigenvalue weighted by atomic mass is 9.91. The first-order valence-corrected chi connectivity index (χ1v) is 15.3. The molecule has 1 aliphatic carbocycles. The maximum absolute atomic E-state index is 12.8. The van der Waals surface area contributed by atoms with Crippen LogP contribution in [0.15, 0.2) is 30.3 Å². The molecule has 2 rings (SSSR count). The highest BCUT2D eigenvalue weighted by molar-refractivity contribution is 5.84. The number of methoxy groups -OCH3 is 1. The first-order valence-electron chi connectivity index (χ1n) is 15.3. The van der Waals surface area contributed by atoms with Crippen LogP contribution in [0.5, 0.6) is 0 Å². The van der Waals surface area contributed by atoms with Crippen LogP contribution in [-0.2, 0) is 25.5 Å². The molecule has 3 amide bonds. The number of benzene rings is 1. The molecule has 1 aromatic carbocycles. The molecule has 1 saturated carbocycles. The third-order valence-electron chi connectivity index (χ3n) is 7.17. The summed E-state index contributed by atoms with van der Waals surface area (Å²) in [6.45, 7) is 9.06. The molecule has 0 spiro atoms. The maximum Gasteiger partial charge on any atom is 0.408 e. The Bertz CT molecular complexity index is 845. The fraction of sp³-hybridized carbons (Fsp3) is 0.719. The molecule has 234 valence electrons. The Morgan fingerprint density at radius 2 is 1.56 bits per heavy atom. The Hall–Kier alpha value is -2.65. The van der Waals surface area contributed by atoms with Crippen molar-refractivity contribution in [3.05, 3.63) is 35.9 Å². The molecule has 1 aromatic rings. The Morgan fingerprint density at radius 3 is 2.15 bits per heavy atom. The number of alkyl carbamates (subject to hydrolysis) is 1. The van der Waals surface area contributed by atoms with Crippen molar-refractivity contribution in [2.45, 2.75) is 97.7 Å². The molecule has 1 aliphatic rings. The lowest BCUT2D eigenvalue weighted by molar-refractivity contribution is -0.130. The van der Waals surface area contributed by atoms with Gasteiger partial charge in [-0.3, -0.25) is 9.59 Å². The summed E-state index contributed by atoms with van der Waals surface area (Å²) < 4.78 is 10.2. The molecule has 1 fully saturated rings. The average Bonchev–Trinajstić information content (AvgIpc) is 2.96. The summed E-state index contributed by atoms with van der Waals surface area (Å²) in [6, 6.07) is 9.60. The molecular formula is C32H55N3O6. The second-order valence-electron chi connectivity index (χ2n) is 11.6. The summed E-state index contributed by atoms with van der Waals surface area (Å²) in [4.78, 5) is 37.2. The third-order valence-corrected chi connectivity index (χ3v) is 7.17. The highest BCUT2D eigenvalue weighted by atomic mass is 16.6. The van der Waals surface area contributed by atoms with E-state index in [-0.39, 0.29) is 25.5 Å². The van der Waals surface area contributed by atoms with Crippen LogP contribution in [0.1, 0.15) is 84.6 Å². The molecule has 2 unspecified atom stereocenters. The Balaban J connectivity index is 0.00000104. The number of ether oxygens (including phenoxy) is 2. The van der Waals surface area contributed by atoms with Crippen molar-refractivity contribution in [1.29, 1.82) is 0 Å². The maximum atomic E-state index is 12.8. The SMILES string of the molecule is CC1CCCCC1.COCCNC(=O)O[C@@H](CCc1ccccc1)C(=O)NCC(C)C(=O)NCC(O)CCC(C)C. The second kappa shape index (κ2) is 22.0. The fourth-order valence-corrected chi connectivity index (χ4v) is 4.40. The van der Waals surface area contributed by atoms with E-state index >= 15 is 0 Å². The minimum Gasteiger partial charge on any atom is -0.436 e. The van der Waals surface area contributed by atoms with Gasteiger partial charge in [-0.2, -0.15) is 0 Å². The van der Waals surface area contributed by atoms with Gasteiger partial charge in [0.25, 0.3) is 5.91 Å². The van der Waals surface area contributed by atoms with Gasteiger partial charge in [-0.15, -0.1) is 0 Å². The smallest absolute Gasteiger partial charge is 0.408 e. The third kappa shape index (κ3) is 18.4. The van der Waals surface area contributed by atoms with Gasteiger partial charge >= 0.3 is 6.09 Å². The summed E-state index contributed by atoms with van der Waals surface area (Å²) in [7, 11) is 1.52. The molecule has 0 bridgehead atoms. The molecule has 4 N–H and O–H groups in total. The number of aliphatic hydroxyl groups excluding tert-OH is 1. The minimum absolute atomic E-state index is 0.0866. The minimum atomic E-state index is -1.00. The first-order chi connectivity index (χ1) is 19.6. The number of aryl methyl sites for hydroxylation is 1. The summed E-state index contributed by atoms with van der Waals surface area (Å²) in [5.74, 6) is 0.288. The summed E-state index contributed by atoms with van der Waals surface area (Å²) >= 11 is 0. The summed E-state index contributed by atoms with van der Waals surface area (Å²) in [6.07, 6.45) is 7.49. The fourth-order valence-electron chi connectivity index (χ4n) is 4.40. The molecule has 9 heteroatoms. The standard InChI is InChI=1S/C25H41N3O6.C7H14/c1-18(2)10-12-21(29)17-28-23(30)19(3)16-27-24(31)22(34-25(32)26-14-15-33-4)13-11-20-8-6-5-7-9-20;1-7-5-3-2-4-6-7/h5-9,18-19,21-22,29H,10-17H2,1-4H3,(H,26,32)(H,27,31)(H,28,30);7H,2-6H2,1H3/t19?,21?,22-;/m0./s1. The molecular weight excluding hydrogens is 522 g/mol. The molecule has 0 heterocycles. The second-order valence-corrected chi connectivity index (χ2v) is 11.6. The molecule has 3 atom stereocenters. The Kier molecular flexibility index (Phi) is 19.5. The molecule has 0 radical (unpaired) electrons. The van der Waals surface area contributed by atoms with Crippen LogP contribution in [-0.4, -0.2) is 68.6 Å². The van der Waals surface area contributed by atoms with Gasteiger partial charge in [-0.1, -0.05) is 90.1 Å². The van der Waals surface area contributed by atoms with E-state index in [1.807, 2.05) is 30.3 Å². The zero-order valence-corrected chi connectivity index (χ0v) is 26.0. The van der Waals surface area contributed by atoms with E-state index in [1.165, 1.54) is 39.2 Å². The zero-order valence-electron chi connectivity index (χ0n) is 26.0. The van der Waals surface area contributed by atoms with Crippen molar-refractivity contribution in [3.63, 3.8) is 0 Å². The predicted molar refractivity (Wildman–Crippen MR) is 162 cm³/mol. The lowest BCUT2D eigenvalue weighted by Gasteiger charge is -2.20. The van der Waals surface area contributed by atoms with Crippen molar-refractivity contribution >= 4 is 17.9 Å².